The van der Waals surface area contributed by atoms with Crippen LogP contribution in [0.5, 0.6) is 0 Å². The standard InChI is InChI=1S/C34H40N2S2.C12H10N2O4.2CNS.Ru/c1-3-5-7-9-11-29-17-19-31(37-29)15-13-27-21-23-35-33(25-27)34-26-28(22-24-36-34)14-16-32-20-18-30(38-32)12-10-8-6-4-2;15-11(16)7-1-3-13-9(5-7)10-6-8(12(17)18)2-4-14-10;2*2-1-3;/h13-26H,3-12H2,1-2H3;1-5,8H,6H2,(H,15,16)(H,17,18);;;/q;;2*-1;+2/b15-13+,16-14+;;;;. The number of carbonyl (C=O) groups is 2. The number of pyridine rings is 3. The van der Waals surface area contributed by atoms with Crippen molar-refractivity contribution in [3.63, 3.8) is 0 Å². The molecule has 0 spiro atoms. The molecule has 0 fully saturated rings. The number of nitrogens with zero attached hydrogens (tertiary/aromatic N) is 6. The van der Waals surface area contributed by atoms with Crippen LogP contribution in [0.25, 0.3) is 46.5 Å². The number of hydrogen-bond acceptors (Lipinski definition) is 10. The summed E-state index contributed by atoms with van der Waals surface area (Å²) in [6.45, 7) is 4.53. The summed E-state index contributed by atoms with van der Waals surface area (Å²) in [7, 11) is 0. The molecule has 6 rings (SSSR count). The molecule has 0 saturated heterocycles. The van der Waals surface area contributed by atoms with Crippen molar-refractivity contribution in [1.29, 1.82) is 0 Å². The van der Waals surface area contributed by atoms with Crippen LogP contribution in [-0.4, -0.2) is 53.1 Å². The monoisotopic (exact) mass is 1000 g/mol. The number of aromatic carboxylic acids is 1. The number of hydrogen-bond donors (Lipinski definition) is 2. The third kappa shape index (κ3) is 20.8. The Morgan fingerprint density at radius 1 is 0.698 bits per heavy atom. The SMILES string of the molecule is CCCCCCc1ccc(/C=C/c2ccnc(-c3cc(/C=C/c4ccc(CCCCCC)s4)ccn3)c2)s1.O=C(O)c1ccnc(C2=NC=CC(C(=O)O)C2)c1.[N-]=C=S.[N-]=C=S.[Ru+2]. The summed E-state index contributed by atoms with van der Waals surface area (Å²) in [5.74, 6) is -2.64. The van der Waals surface area contributed by atoms with Gasteiger partial charge in [0.25, 0.3) is 0 Å². The molecule has 328 valence electrons. The second kappa shape index (κ2) is 31.7. The van der Waals surface area contributed by atoms with Gasteiger partial charge in [0.15, 0.2) is 0 Å². The number of carboxylic acid groups (broad SMARTS) is 2. The fraction of sp³-hybridized carbons (Fsp3) is 0.292. The number of aromatic nitrogens is 3. The Bertz CT molecular complexity index is 2260. The van der Waals surface area contributed by atoms with Crippen molar-refractivity contribution in [2.75, 3.05) is 0 Å². The third-order valence-corrected chi connectivity index (χ3v) is 11.4. The first-order valence-corrected chi connectivity index (χ1v) is 22.7. The number of thiocarbonyl (C=S) groups is 2. The minimum absolute atomic E-state index is 0. The number of rotatable bonds is 18. The average molecular weight is 1000 g/mol. The van der Waals surface area contributed by atoms with Crippen molar-refractivity contribution < 1.29 is 39.3 Å². The number of carboxylic acids is 2. The summed E-state index contributed by atoms with van der Waals surface area (Å²) in [6.07, 6.45) is 29.9. The van der Waals surface area contributed by atoms with Crippen LogP contribution >= 0.6 is 47.1 Å². The molecule has 10 nitrogen and oxygen atoms in total. The van der Waals surface area contributed by atoms with Crippen LogP contribution in [0.4, 0.5) is 0 Å². The molecule has 0 aliphatic carbocycles. The maximum atomic E-state index is 10.9. The van der Waals surface area contributed by atoms with Crippen molar-refractivity contribution >= 4 is 99.4 Å². The summed E-state index contributed by atoms with van der Waals surface area (Å²) in [6, 6.07) is 20.1. The van der Waals surface area contributed by atoms with Gasteiger partial charge in [-0.25, -0.2) is 4.79 Å². The third-order valence-electron chi connectivity index (χ3n) is 9.21. The Hall–Kier alpha value is -5.10. The summed E-state index contributed by atoms with van der Waals surface area (Å²) in [4.78, 5) is 44.6. The van der Waals surface area contributed by atoms with Crippen molar-refractivity contribution in [1.82, 2.24) is 15.0 Å². The molecule has 1 unspecified atom stereocenters. The average Bonchev–Trinajstić information content (AvgIpc) is 3.96. The number of aryl methyl sites for hydroxylation is 2. The van der Waals surface area contributed by atoms with Gasteiger partial charge < -0.3 is 21.0 Å². The van der Waals surface area contributed by atoms with Gasteiger partial charge in [-0.1, -0.05) is 95.0 Å². The number of aliphatic imine (C=N–C) groups is 1. The largest absolute Gasteiger partial charge is 2.00 e. The van der Waals surface area contributed by atoms with Gasteiger partial charge in [-0.15, -0.1) is 22.7 Å². The molecule has 1 atom stereocenters. The zero-order valence-electron chi connectivity index (χ0n) is 35.2. The molecule has 0 bridgehead atoms. The Labute approximate surface area is 401 Å². The van der Waals surface area contributed by atoms with E-state index >= 15 is 0 Å². The molecular weight excluding hydrogens is 954 g/mol. The van der Waals surface area contributed by atoms with E-state index in [2.05, 4.69) is 131 Å². The van der Waals surface area contributed by atoms with Gasteiger partial charge in [0, 0.05) is 50.7 Å². The zero-order valence-corrected chi connectivity index (χ0v) is 40.2. The smallest absolute Gasteiger partial charge is 0.753 e. The predicted octanol–water partition coefficient (Wildman–Crippen LogP) is 13.4. The molecule has 1 aliphatic heterocycles. The van der Waals surface area contributed by atoms with Gasteiger partial charge >= 0.3 is 31.4 Å². The fourth-order valence-corrected chi connectivity index (χ4v) is 7.97. The van der Waals surface area contributed by atoms with Crippen molar-refractivity contribution in [3.8, 4) is 11.4 Å². The fourth-order valence-electron chi connectivity index (χ4n) is 6.05. The van der Waals surface area contributed by atoms with Crippen LogP contribution in [0.15, 0.2) is 96.5 Å². The van der Waals surface area contributed by atoms with Crippen LogP contribution in [0.3, 0.4) is 0 Å². The Kier molecular flexibility index (Phi) is 27.2. The minimum atomic E-state index is -1.06. The predicted molar refractivity (Wildman–Crippen MR) is 264 cm³/mol. The summed E-state index contributed by atoms with van der Waals surface area (Å²) in [5, 5.41) is 34.7. The molecule has 5 aromatic rings. The first-order valence-electron chi connectivity index (χ1n) is 20.3. The topological polar surface area (TPSA) is 170 Å². The van der Waals surface area contributed by atoms with Gasteiger partial charge in [0.1, 0.15) is 0 Å². The Balaban J connectivity index is 0.000000454. The molecule has 1 aliphatic rings. The maximum absolute atomic E-state index is 10.9. The first kappa shape index (κ1) is 54.0. The second-order valence-corrected chi connectivity index (χ2v) is 16.6. The molecule has 15 heteroatoms. The molecule has 63 heavy (non-hydrogen) atoms. The van der Waals surface area contributed by atoms with Crippen LogP contribution in [0.1, 0.15) is 118 Å². The van der Waals surface area contributed by atoms with Crippen LogP contribution in [-0.2, 0) is 37.1 Å². The van der Waals surface area contributed by atoms with E-state index in [-0.39, 0.29) is 31.5 Å². The molecular formula is C48H50N6O4RuS4. The molecule has 5 aromatic heterocycles. The number of aliphatic carboxylic acids is 1. The van der Waals surface area contributed by atoms with E-state index < -0.39 is 17.9 Å². The molecule has 0 aromatic carbocycles. The van der Waals surface area contributed by atoms with Gasteiger partial charge in [-0.3, -0.25) is 24.7 Å². The van der Waals surface area contributed by atoms with Crippen molar-refractivity contribution in [3.05, 3.63) is 144 Å². The normalized spacial score (nSPS) is 12.5. The summed E-state index contributed by atoms with van der Waals surface area (Å²) >= 11 is 11.2. The quantitative estimate of drug-likeness (QED) is 0.0375. The van der Waals surface area contributed by atoms with Crippen molar-refractivity contribution in [2.24, 2.45) is 10.9 Å². The molecule has 0 saturated carbocycles. The van der Waals surface area contributed by atoms with Gasteiger partial charge in [0.2, 0.25) is 0 Å². The molecule has 6 heterocycles. The maximum Gasteiger partial charge on any atom is 2.00 e. The molecule has 2 N–H and O–H groups in total. The van der Waals surface area contributed by atoms with Crippen LogP contribution in [0.2, 0.25) is 0 Å². The van der Waals surface area contributed by atoms with Crippen LogP contribution in [0, 0.1) is 5.92 Å². The van der Waals surface area contributed by atoms with E-state index in [1.165, 1.54) is 125 Å². The van der Waals surface area contributed by atoms with E-state index in [0.717, 1.165) is 22.5 Å². The number of isothiocyanates is 2. The summed E-state index contributed by atoms with van der Waals surface area (Å²) in [5.41, 5.74) is 5.05. The van der Waals surface area contributed by atoms with E-state index in [1.807, 2.05) is 35.1 Å². The van der Waals surface area contributed by atoms with Gasteiger partial charge in [0.05, 0.1) is 34.3 Å². The number of thiophene rings is 2. The van der Waals surface area contributed by atoms with Crippen molar-refractivity contribution in [2.45, 2.75) is 84.5 Å². The summed E-state index contributed by atoms with van der Waals surface area (Å²) < 4.78 is 0. The second-order valence-electron chi connectivity index (χ2n) is 13.8. The van der Waals surface area contributed by atoms with E-state index in [1.54, 1.807) is 0 Å². The molecule has 0 amide bonds. The van der Waals surface area contributed by atoms with E-state index in [0.29, 0.717) is 11.4 Å². The van der Waals surface area contributed by atoms with E-state index in [9.17, 15) is 9.59 Å². The number of unbranched alkanes of at least 4 members (excludes halogenated alkanes) is 6. The zero-order chi connectivity index (χ0) is 45.0. The Morgan fingerprint density at radius 3 is 1.63 bits per heavy atom. The Morgan fingerprint density at radius 2 is 1.17 bits per heavy atom. The van der Waals surface area contributed by atoms with Gasteiger partial charge in [-0.05, 0) is 110 Å². The van der Waals surface area contributed by atoms with E-state index in [4.69, 9.17) is 21.0 Å². The molecule has 0 radical (unpaired) electrons. The van der Waals surface area contributed by atoms with Gasteiger partial charge in [-0.2, -0.15) is 10.3 Å². The first-order chi connectivity index (χ1) is 30.1. The van der Waals surface area contributed by atoms with Crippen LogP contribution < -0.4 is 0 Å². The minimum Gasteiger partial charge on any atom is -0.753 e.